The van der Waals surface area contributed by atoms with E-state index in [2.05, 4.69) is 4.98 Å². The lowest BCUT2D eigenvalue weighted by Crippen LogP contribution is -1.96. The number of thiophene rings is 1. The van der Waals surface area contributed by atoms with Gasteiger partial charge in [-0.25, -0.2) is 4.98 Å². The molecule has 1 unspecified atom stereocenters. The van der Waals surface area contributed by atoms with Crippen molar-refractivity contribution >= 4 is 28.6 Å². The Morgan fingerprint density at radius 1 is 1.29 bits per heavy atom. The fourth-order valence-electron chi connectivity index (χ4n) is 1.71. The van der Waals surface area contributed by atoms with E-state index in [1.807, 2.05) is 41.1 Å². The number of rotatable bonds is 2. The Hall–Kier alpha value is -1.36. The van der Waals surface area contributed by atoms with Gasteiger partial charge in [-0.2, -0.15) is 0 Å². The first-order chi connectivity index (χ1) is 8.24. The van der Waals surface area contributed by atoms with Gasteiger partial charge in [-0.05, 0) is 24.3 Å². The van der Waals surface area contributed by atoms with Gasteiger partial charge < -0.3 is 9.51 Å². The van der Waals surface area contributed by atoms with E-state index in [1.54, 1.807) is 6.07 Å². The molecular formula is C12H9ClN2OS. The molecule has 0 spiro atoms. The van der Waals surface area contributed by atoms with E-state index in [-0.39, 0.29) is 0 Å². The van der Waals surface area contributed by atoms with Gasteiger partial charge in [0, 0.05) is 17.3 Å². The molecule has 1 atom stereocenters. The Kier molecular flexibility index (Phi) is 2.63. The summed E-state index contributed by atoms with van der Waals surface area (Å²) in [6.07, 6.45) is 3.01. The highest BCUT2D eigenvalue weighted by Crippen LogP contribution is 2.30. The Morgan fingerprint density at radius 3 is 2.88 bits per heavy atom. The summed E-state index contributed by atoms with van der Waals surface area (Å²) in [5.41, 5.74) is 1.46. The van der Waals surface area contributed by atoms with Crippen molar-refractivity contribution in [1.29, 1.82) is 0 Å². The number of halogens is 1. The number of nitrogens with zero attached hydrogens (tertiary/aromatic N) is 2. The monoisotopic (exact) mass is 264 g/mol. The smallest absolute Gasteiger partial charge is 0.137 e. The van der Waals surface area contributed by atoms with Crippen molar-refractivity contribution in [3.8, 4) is 0 Å². The molecule has 0 aliphatic rings. The van der Waals surface area contributed by atoms with E-state index in [0.29, 0.717) is 10.0 Å². The van der Waals surface area contributed by atoms with Crippen LogP contribution in [0.4, 0.5) is 0 Å². The first-order valence-corrected chi connectivity index (χ1v) is 6.30. The van der Waals surface area contributed by atoms with Crippen molar-refractivity contribution in [2.75, 3.05) is 0 Å². The molecule has 0 amide bonds. The fraction of sp³-hybridized carbons (Fsp3) is 0.0833. The highest BCUT2D eigenvalue weighted by Gasteiger charge is 2.16. The van der Waals surface area contributed by atoms with E-state index in [0.717, 1.165) is 10.5 Å². The van der Waals surface area contributed by atoms with Crippen molar-refractivity contribution in [2.24, 2.45) is 0 Å². The minimum absolute atomic E-state index is 0.634. The number of hydrogen-bond acceptors (Lipinski definition) is 3. The normalized spacial score (nSPS) is 13.1. The van der Waals surface area contributed by atoms with Crippen LogP contribution in [-0.4, -0.2) is 14.5 Å². The largest absolute Gasteiger partial charge is 0.381 e. The SMILES string of the molecule is OC(c1cn2ccccc2n1)c1ccc(Cl)s1. The molecule has 0 fully saturated rings. The van der Waals surface area contributed by atoms with E-state index >= 15 is 0 Å². The second kappa shape index (κ2) is 4.14. The summed E-state index contributed by atoms with van der Waals surface area (Å²) in [6, 6.07) is 9.34. The summed E-state index contributed by atoms with van der Waals surface area (Å²) in [5, 5.41) is 10.2. The third-order valence-electron chi connectivity index (χ3n) is 2.53. The van der Waals surface area contributed by atoms with Gasteiger partial charge >= 0.3 is 0 Å². The second-order valence-corrected chi connectivity index (χ2v) is 5.42. The zero-order valence-electron chi connectivity index (χ0n) is 8.75. The predicted molar refractivity (Wildman–Crippen MR) is 68.6 cm³/mol. The van der Waals surface area contributed by atoms with Gasteiger partial charge in [-0.3, -0.25) is 0 Å². The van der Waals surface area contributed by atoms with E-state index in [4.69, 9.17) is 11.6 Å². The molecule has 0 radical (unpaired) electrons. The molecule has 0 saturated carbocycles. The van der Waals surface area contributed by atoms with Gasteiger partial charge in [-0.1, -0.05) is 17.7 Å². The quantitative estimate of drug-likeness (QED) is 0.772. The Labute approximate surface area is 107 Å². The maximum atomic E-state index is 10.2. The van der Waals surface area contributed by atoms with Crippen LogP contribution in [0, 0.1) is 0 Å². The van der Waals surface area contributed by atoms with Gasteiger partial charge in [0.15, 0.2) is 0 Å². The van der Waals surface area contributed by atoms with Crippen LogP contribution in [0.15, 0.2) is 42.7 Å². The van der Waals surface area contributed by atoms with E-state index in [1.165, 1.54) is 11.3 Å². The van der Waals surface area contributed by atoms with Crippen LogP contribution in [0.1, 0.15) is 16.7 Å². The molecule has 0 aliphatic carbocycles. The second-order valence-electron chi connectivity index (χ2n) is 3.68. The number of fused-ring (bicyclic) bond motifs is 1. The molecular weight excluding hydrogens is 256 g/mol. The van der Waals surface area contributed by atoms with Crippen molar-refractivity contribution in [2.45, 2.75) is 6.10 Å². The zero-order valence-corrected chi connectivity index (χ0v) is 10.3. The summed E-state index contributed by atoms with van der Waals surface area (Å²) >= 11 is 7.22. The lowest BCUT2D eigenvalue weighted by molar-refractivity contribution is 0.220. The number of aromatic nitrogens is 2. The van der Waals surface area contributed by atoms with E-state index < -0.39 is 6.10 Å². The fourth-order valence-corrected chi connectivity index (χ4v) is 2.77. The third kappa shape index (κ3) is 1.95. The molecule has 86 valence electrons. The number of aliphatic hydroxyl groups is 1. The summed E-state index contributed by atoms with van der Waals surface area (Å²) in [5.74, 6) is 0. The van der Waals surface area contributed by atoms with Crippen LogP contribution in [0.2, 0.25) is 4.34 Å². The zero-order chi connectivity index (χ0) is 11.8. The molecule has 0 aromatic carbocycles. The molecule has 5 heteroatoms. The van der Waals surface area contributed by atoms with Crippen LogP contribution >= 0.6 is 22.9 Å². The highest BCUT2D eigenvalue weighted by molar-refractivity contribution is 7.16. The number of pyridine rings is 1. The first-order valence-electron chi connectivity index (χ1n) is 5.11. The molecule has 0 bridgehead atoms. The summed E-state index contributed by atoms with van der Waals surface area (Å²) in [7, 11) is 0. The van der Waals surface area contributed by atoms with Crippen LogP contribution < -0.4 is 0 Å². The number of imidazole rings is 1. The van der Waals surface area contributed by atoms with E-state index in [9.17, 15) is 5.11 Å². The summed E-state index contributed by atoms with van der Waals surface area (Å²) in [4.78, 5) is 5.18. The van der Waals surface area contributed by atoms with Crippen molar-refractivity contribution in [3.63, 3.8) is 0 Å². The molecule has 3 rings (SSSR count). The minimum atomic E-state index is -0.715. The molecule has 3 aromatic rings. The highest BCUT2D eigenvalue weighted by atomic mass is 35.5. The maximum Gasteiger partial charge on any atom is 0.137 e. The minimum Gasteiger partial charge on any atom is -0.381 e. The maximum absolute atomic E-state index is 10.2. The van der Waals surface area contributed by atoms with Crippen LogP contribution in [0.3, 0.4) is 0 Å². The molecule has 3 nitrogen and oxygen atoms in total. The van der Waals surface area contributed by atoms with Gasteiger partial charge in [-0.15, -0.1) is 11.3 Å². The molecule has 3 aromatic heterocycles. The van der Waals surface area contributed by atoms with Gasteiger partial charge in [0.25, 0.3) is 0 Å². The van der Waals surface area contributed by atoms with Crippen LogP contribution in [-0.2, 0) is 0 Å². The lowest BCUT2D eigenvalue weighted by atomic mass is 10.2. The van der Waals surface area contributed by atoms with Gasteiger partial charge in [0.1, 0.15) is 11.8 Å². The molecule has 1 N–H and O–H groups in total. The molecule has 17 heavy (non-hydrogen) atoms. The number of aliphatic hydroxyl groups excluding tert-OH is 1. The van der Waals surface area contributed by atoms with Crippen molar-refractivity contribution in [3.05, 3.63) is 57.6 Å². The van der Waals surface area contributed by atoms with Gasteiger partial charge in [0.2, 0.25) is 0 Å². The Balaban J connectivity index is 2.03. The average Bonchev–Trinajstić information content (AvgIpc) is 2.93. The average molecular weight is 265 g/mol. The number of hydrogen-bond donors (Lipinski definition) is 1. The van der Waals surface area contributed by atoms with Crippen molar-refractivity contribution in [1.82, 2.24) is 9.38 Å². The summed E-state index contributed by atoms with van der Waals surface area (Å²) in [6.45, 7) is 0. The Bertz CT molecular complexity index is 628. The van der Waals surface area contributed by atoms with Gasteiger partial charge in [0.05, 0.1) is 10.0 Å². The van der Waals surface area contributed by atoms with Crippen molar-refractivity contribution < 1.29 is 5.11 Å². The predicted octanol–water partition coefficient (Wildman–Crippen LogP) is 3.13. The first kappa shape index (κ1) is 10.8. The topological polar surface area (TPSA) is 37.5 Å². The molecule has 3 heterocycles. The molecule has 0 aliphatic heterocycles. The van der Waals surface area contributed by atoms with Crippen LogP contribution in [0.25, 0.3) is 5.65 Å². The summed E-state index contributed by atoms with van der Waals surface area (Å²) < 4.78 is 2.55. The lowest BCUT2D eigenvalue weighted by Gasteiger charge is -2.03. The standard InChI is InChI=1S/C12H9ClN2OS/c13-10-5-4-9(17-10)12(16)8-7-15-6-2-1-3-11(15)14-8/h1-7,12,16H. The van der Waals surface area contributed by atoms with Crippen LogP contribution in [0.5, 0.6) is 0 Å². The Morgan fingerprint density at radius 2 is 2.18 bits per heavy atom. The molecule has 0 saturated heterocycles. The third-order valence-corrected chi connectivity index (χ3v) is 3.81.